The number of fused-ring (bicyclic) bond motifs is 2. The SMILES string of the molecule is Cc1ccc(F)cc1[C@H]1NC(=O)C[C@@H](c2cc(Cl)ccc2OCCCO)[C@]12C(=O)Nc1cc(Cl)ccc12. The van der Waals surface area contributed by atoms with Crippen molar-refractivity contribution in [1.29, 1.82) is 0 Å². The quantitative estimate of drug-likeness (QED) is 0.362. The number of hydrogen-bond donors (Lipinski definition) is 3. The first-order valence-electron chi connectivity index (χ1n) is 12.0. The van der Waals surface area contributed by atoms with Crippen LogP contribution in [-0.4, -0.2) is 30.1 Å². The number of benzene rings is 3. The molecule has 0 radical (unpaired) electrons. The van der Waals surface area contributed by atoms with Crippen molar-refractivity contribution in [2.75, 3.05) is 18.5 Å². The number of nitrogens with one attached hydrogen (secondary N) is 2. The third-order valence-corrected chi connectivity index (χ3v) is 7.68. The highest BCUT2D eigenvalue weighted by molar-refractivity contribution is 6.31. The van der Waals surface area contributed by atoms with Crippen LogP contribution in [0.1, 0.15) is 47.1 Å². The van der Waals surface area contributed by atoms with Gasteiger partial charge in [-0.25, -0.2) is 4.39 Å². The number of halogens is 3. The summed E-state index contributed by atoms with van der Waals surface area (Å²) in [5, 5.41) is 16.1. The summed E-state index contributed by atoms with van der Waals surface area (Å²) in [5.41, 5.74) is 1.63. The van der Waals surface area contributed by atoms with Crippen molar-refractivity contribution in [3.63, 3.8) is 0 Å². The van der Waals surface area contributed by atoms with Gasteiger partial charge in [0.1, 0.15) is 17.0 Å². The molecule has 0 aliphatic carbocycles. The average molecular weight is 543 g/mol. The molecule has 1 spiro atoms. The molecule has 3 N–H and O–H groups in total. The molecule has 2 aliphatic heterocycles. The highest BCUT2D eigenvalue weighted by atomic mass is 35.5. The fraction of sp³-hybridized carbons (Fsp3) is 0.286. The highest BCUT2D eigenvalue weighted by Gasteiger charge is 2.61. The number of piperidine rings is 1. The molecule has 2 aliphatic rings. The van der Waals surface area contributed by atoms with Gasteiger partial charge < -0.3 is 20.5 Å². The monoisotopic (exact) mass is 542 g/mol. The van der Waals surface area contributed by atoms with Gasteiger partial charge in [0.05, 0.1) is 12.6 Å². The summed E-state index contributed by atoms with van der Waals surface area (Å²) in [5.74, 6) is -1.36. The van der Waals surface area contributed by atoms with Crippen molar-refractivity contribution in [1.82, 2.24) is 5.32 Å². The Balaban J connectivity index is 1.79. The van der Waals surface area contributed by atoms with E-state index in [2.05, 4.69) is 10.6 Å². The van der Waals surface area contributed by atoms with E-state index in [4.69, 9.17) is 27.9 Å². The minimum atomic E-state index is -1.36. The van der Waals surface area contributed by atoms with Gasteiger partial charge in [-0.05, 0) is 66.1 Å². The van der Waals surface area contributed by atoms with Gasteiger partial charge in [0.2, 0.25) is 11.8 Å². The summed E-state index contributed by atoms with van der Waals surface area (Å²) in [7, 11) is 0. The fourth-order valence-electron chi connectivity index (χ4n) is 5.61. The normalized spacial score (nSPS) is 22.5. The second-order valence-corrected chi connectivity index (χ2v) is 10.3. The van der Waals surface area contributed by atoms with Crippen molar-refractivity contribution in [3.8, 4) is 5.75 Å². The van der Waals surface area contributed by atoms with Crippen LogP contribution in [0.3, 0.4) is 0 Å². The molecule has 1 fully saturated rings. The Morgan fingerprint density at radius 3 is 2.59 bits per heavy atom. The van der Waals surface area contributed by atoms with E-state index in [0.717, 1.165) is 5.56 Å². The molecule has 3 aromatic rings. The van der Waals surface area contributed by atoms with E-state index < -0.39 is 23.2 Å². The van der Waals surface area contributed by atoms with Crippen LogP contribution in [0, 0.1) is 12.7 Å². The number of hydrogen-bond acceptors (Lipinski definition) is 4. The summed E-state index contributed by atoms with van der Waals surface area (Å²) in [6, 6.07) is 13.7. The third-order valence-electron chi connectivity index (χ3n) is 7.21. The first-order valence-corrected chi connectivity index (χ1v) is 12.7. The van der Waals surface area contributed by atoms with Gasteiger partial charge in [-0.1, -0.05) is 35.3 Å². The zero-order chi connectivity index (χ0) is 26.3. The van der Waals surface area contributed by atoms with Crippen LogP contribution in [0.2, 0.25) is 10.0 Å². The summed E-state index contributed by atoms with van der Waals surface area (Å²) < 4.78 is 20.5. The number of ether oxygens (including phenoxy) is 1. The van der Waals surface area contributed by atoms with Crippen LogP contribution in [0.15, 0.2) is 54.6 Å². The van der Waals surface area contributed by atoms with Crippen molar-refractivity contribution < 1.29 is 23.8 Å². The molecule has 6 nitrogen and oxygen atoms in total. The maximum atomic E-state index is 14.5. The van der Waals surface area contributed by atoms with Crippen LogP contribution in [-0.2, 0) is 15.0 Å². The van der Waals surface area contributed by atoms with Gasteiger partial charge in [-0.15, -0.1) is 0 Å². The van der Waals surface area contributed by atoms with Gasteiger partial charge >= 0.3 is 0 Å². The van der Waals surface area contributed by atoms with E-state index in [9.17, 15) is 19.1 Å². The second-order valence-electron chi connectivity index (χ2n) is 9.38. The Labute approximate surface area is 223 Å². The molecule has 37 heavy (non-hydrogen) atoms. The smallest absolute Gasteiger partial charge is 0.238 e. The number of rotatable bonds is 6. The molecule has 0 bridgehead atoms. The summed E-state index contributed by atoms with van der Waals surface area (Å²) >= 11 is 12.7. The minimum Gasteiger partial charge on any atom is -0.493 e. The highest BCUT2D eigenvalue weighted by Crippen LogP contribution is 2.59. The summed E-state index contributed by atoms with van der Waals surface area (Å²) in [6.07, 6.45) is 0.377. The molecule has 9 heteroatoms. The van der Waals surface area contributed by atoms with Crippen LogP contribution in [0.5, 0.6) is 5.75 Å². The van der Waals surface area contributed by atoms with E-state index in [1.54, 1.807) is 42.5 Å². The molecule has 2 heterocycles. The second kappa shape index (κ2) is 9.97. The Kier molecular flexibility index (Phi) is 6.88. The number of amides is 2. The molecule has 2 amide bonds. The Hall–Kier alpha value is -3.13. The predicted molar refractivity (Wildman–Crippen MR) is 140 cm³/mol. The lowest BCUT2D eigenvalue weighted by Crippen LogP contribution is -2.57. The number of carbonyl (C=O) groups is 2. The van der Waals surface area contributed by atoms with Crippen LogP contribution in [0.25, 0.3) is 0 Å². The number of anilines is 1. The lowest BCUT2D eigenvalue weighted by atomic mass is 9.59. The van der Waals surface area contributed by atoms with Gasteiger partial charge in [-0.2, -0.15) is 0 Å². The molecule has 5 rings (SSSR count). The molecular formula is C28H25Cl2FN2O4. The topological polar surface area (TPSA) is 87.7 Å². The van der Waals surface area contributed by atoms with Crippen LogP contribution in [0.4, 0.5) is 10.1 Å². The van der Waals surface area contributed by atoms with E-state index >= 15 is 0 Å². The molecule has 0 unspecified atom stereocenters. The summed E-state index contributed by atoms with van der Waals surface area (Å²) in [4.78, 5) is 27.4. The molecule has 3 aromatic carbocycles. The molecule has 0 saturated carbocycles. The standard InChI is InChI=1S/C28H25Cl2FN2O4/c1-15-3-6-18(31)13-19(15)26-28(21-7-4-17(30)12-23(21)32-27(28)36)22(14-25(35)33-26)20-11-16(29)5-8-24(20)37-10-2-9-34/h3-8,11-13,22,26,34H,2,9-10,14H2,1H3,(H,32,36)(H,33,35)/t22-,26+,28-/m0/s1. The first kappa shape index (κ1) is 25.5. The molecule has 1 saturated heterocycles. The van der Waals surface area contributed by atoms with Crippen molar-refractivity contribution in [2.24, 2.45) is 0 Å². The van der Waals surface area contributed by atoms with Crippen molar-refractivity contribution in [3.05, 3.63) is 92.7 Å². The number of aryl methyl sites for hydroxylation is 1. The number of aliphatic hydroxyl groups excluding tert-OH is 1. The lowest BCUT2D eigenvalue weighted by Gasteiger charge is -2.47. The van der Waals surface area contributed by atoms with E-state index in [0.29, 0.717) is 44.6 Å². The summed E-state index contributed by atoms with van der Waals surface area (Å²) in [6.45, 7) is 2.01. The predicted octanol–water partition coefficient (Wildman–Crippen LogP) is 5.44. The van der Waals surface area contributed by atoms with Crippen molar-refractivity contribution >= 4 is 40.7 Å². The number of carbonyl (C=O) groups excluding carboxylic acids is 2. The van der Waals surface area contributed by atoms with Gasteiger partial charge in [0.15, 0.2) is 0 Å². The maximum Gasteiger partial charge on any atom is 0.238 e. The first-order chi connectivity index (χ1) is 17.7. The zero-order valence-electron chi connectivity index (χ0n) is 20.0. The molecule has 0 aromatic heterocycles. The zero-order valence-corrected chi connectivity index (χ0v) is 21.5. The minimum absolute atomic E-state index is 0.0307. The van der Waals surface area contributed by atoms with Gasteiger partial charge in [0, 0.05) is 46.7 Å². The van der Waals surface area contributed by atoms with Crippen molar-refractivity contribution in [2.45, 2.75) is 37.1 Å². The maximum absolute atomic E-state index is 14.5. The molecule has 3 atom stereocenters. The third kappa shape index (κ3) is 4.35. The van der Waals surface area contributed by atoms with Crippen LogP contribution >= 0.6 is 23.2 Å². The lowest BCUT2D eigenvalue weighted by molar-refractivity contribution is -0.131. The average Bonchev–Trinajstić information content (AvgIpc) is 3.14. The van der Waals surface area contributed by atoms with Gasteiger partial charge in [-0.3, -0.25) is 9.59 Å². The Morgan fingerprint density at radius 1 is 1.05 bits per heavy atom. The molecular weight excluding hydrogens is 518 g/mol. The van der Waals surface area contributed by atoms with Gasteiger partial charge in [0.25, 0.3) is 0 Å². The fourth-order valence-corrected chi connectivity index (χ4v) is 5.97. The number of aliphatic hydroxyl groups is 1. The van der Waals surface area contributed by atoms with E-state index in [1.807, 2.05) is 6.92 Å². The van der Waals surface area contributed by atoms with Crippen LogP contribution < -0.4 is 15.4 Å². The Morgan fingerprint density at radius 2 is 1.81 bits per heavy atom. The van der Waals surface area contributed by atoms with E-state index in [-0.39, 0.29) is 31.4 Å². The Bertz CT molecular complexity index is 1400. The largest absolute Gasteiger partial charge is 0.493 e. The van der Waals surface area contributed by atoms with E-state index in [1.165, 1.54) is 12.1 Å². The molecule has 192 valence electrons.